The van der Waals surface area contributed by atoms with Crippen molar-refractivity contribution in [1.82, 2.24) is 5.32 Å². The molecule has 2 N–H and O–H groups in total. The SMILES string of the molecule is CCCCC(C)C(=O)NCc1ccc(Oc2ccccc2)cc1.CS(=O)(=O)c1ccc(O)s1. The number of para-hydroxylation sites is 1. The van der Waals surface area contributed by atoms with E-state index in [0.717, 1.165) is 53.9 Å². The number of carbonyl (C=O) groups excluding carboxylic acids is 1. The summed E-state index contributed by atoms with van der Waals surface area (Å²) in [6.45, 7) is 4.69. The van der Waals surface area contributed by atoms with Gasteiger partial charge in [-0.05, 0) is 48.4 Å². The summed E-state index contributed by atoms with van der Waals surface area (Å²) in [5, 5.41) is 11.8. The van der Waals surface area contributed by atoms with Gasteiger partial charge in [-0.25, -0.2) is 8.42 Å². The van der Waals surface area contributed by atoms with Crippen molar-refractivity contribution >= 4 is 27.1 Å². The second-order valence-electron chi connectivity index (χ2n) is 7.68. The summed E-state index contributed by atoms with van der Waals surface area (Å²) in [6, 6.07) is 20.3. The molecule has 1 unspecified atom stereocenters. The van der Waals surface area contributed by atoms with Crippen molar-refractivity contribution in [3.63, 3.8) is 0 Å². The average Bonchev–Trinajstić information content (AvgIpc) is 3.25. The van der Waals surface area contributed by atoms with Crippen molar-refractivity contribution in [1.29, 1.82) is 0 Å². The van der Waals surface area contributed by atoms with Crippen LogP contribution >= 0.6 is 11.3 Å². The Kier molecular flexibility index (Phi) is 10.4. The van der Waals surface area contributed by atoms with Gasteiger partial charge in [-0.3, -0.25) is 4.79 Å². The number of carbonyl (C=O) groups is 1. The third-order valence-corrected chi connectivity index (χ3v) is 7.45. The molecule has 178 valence electrons. The van der Waals surface area contributed by atoms with Crippen molar-refractivity contribution in [3.05, 3.63) is 72.3 Å². The Balaban J connectivity index is 0.000000321. The van der Waals surface area contributed by atoms with Gasteiger partial charge in [-0.1, -0.05) is 68.4 Å². The van der Waals surface area contributed by atoms with Crippen LogP contribution < -0.4 is 10.1 Å². The van der Waals surface area contributed by atoms with Gasteiger partial charge in [0.1, 0.15) is 15.7 Å². The van der Waals surface area contributed by atoms with Crippen molar-refractivity contribution in [2.45, 2.75) is 43.9 Å². The van der Waals surface area contributed by atoms with E-state index in [4.69, 9.17) is 9.84 Å². The highest BCUT2D eigenvalue weighted by atomic mass is 32.2. The fourth-order valence-electron chi connectivity index (χ4n) is 2.81. The van der Waals surface area contributed by atoms with E-state index in [9.17, 15) is 13.2 Å². The number of ether oxygens (including phenoxy) is 1. The van der Waals surface area contributed by atoms with Crippen LogP contribution in [0.5, 0.6) is 16.6 Å². The van der Waals surface area contributed by atoms with Gasteiger partial charge in [-0.15, -0.1) is 0 Å². The summed E-state index contributed by atoms with van der Waals surface area (Å²) < 4.78 is 27.4. The number of aromatic hydroxyl groups is 1. The third-order valence-electron chi connectivity index (χ3n) is 4.74. The lowest BCUT2D eigenvalue weighted by atomic mass is 10.0. The monoisotopic (exact) mass is 489 g/mol. The van der Waals surface area contributed by atoms with Crippen LogP contribution in [0.1, 0.15) is 38.7 Å². The molecular formula is C25H31NO5S2. The molecule has 2 aromatic carbocycles. The van der Waals surface area contributed by atoms with Gasteiger partial charge < -0.3 is 15.2 Å². The topological polar surface area (TPSA) is 92.7 Å². The number of hydrogen-bond acceptors (Lipinski definition) is 6. The van der Waals surface area contributed by atoms with Crippen LogP contribution in [0.2, 0.25) is 0 Å². The molecule has 33 heavy (non-hydrogen) atoms. The number of hydrogen-bond donors (Lipinski definition) is 2. The van der Waals surface area contributed by atoms with E-state index in [-0.39, 0.29) is 21.1 Å². The normalized spacial score (nSPS) is 11.7. The molecule has 0 fully saturated rings. The summed E-state index contributed by atoms with van der Waals surface area (Å²) in [5.74, 6) is 1.82. The lowest BCUT2D eigenvalue weighted by molar-refractivity contribution is -0.124. The van der Waals surface area contributed by atoms with Crippen LogP contribution in [0.4, 0.5) is 0 Å². The fourth-order valence-corrected chi connectivity index (χ4v) is 4.47. The molecule has 1 heterocycles. The molecule has 3 rings (SSSR count). The quantitative estimate of drug-likeness (QED) is 0.397. The first kappa shape index (κ1) is 26.4. The molecule has 1 atom stereocenters. The van der Waals surface area contributed by atoms with Crippen LogP contribution in [0.25, 0.3) is 0 Å². The Morgan fingerprint density at radius 1 is 1.03 bits per heavy atom. The van der Waals surface area contributed by atoms with Crippen LogP contribution in [0.15, 0.2) is 70.9 Å². The van der Waals surface area contributed by atoms with Gasteiger partial charge in [-0.2, -0.15) is 0 Å². The third kappa shape index (κ3) is 9.67. The van der Waals surface area contributed by atoms with Gasteiger partial charge in [0.2, 0.25) is 5.91 Å². The van der Waals surface area contributed by atoms with Crippen molar-refractivity contribution < 1.29 is 23.1 Å². The molecule has 0 saturated heterocycles. The van der Waals surface area contributed by atoms with Crippen LogP contribution in [-0.2, 0) is 21.2 Å². The maximum Gasteiger partial charge on any atom is 0.223 e. The number of thiophene rings is 1. The van der Waals surface area contributed by atoms with Gasteiger partial charge in [0, 0.05) is 18.7 Å². The molecule has 0 bridgehead atoms. The highest BCUT2D eigenvalue weighted by Crippen LogP contribution is 2.26. The summed E-state index contributed by atoms with van der Waals surface area (Å²) >= 11 is 0.862. The molecule has 6 nitrogen and oxygen atoms in total. The molecule has 0 spiro atoms. The Morgan fingerprint density at radius 2 is 1.67 bits per heavy atom. The van der Waals surface area contributed by atoms with Gasteiger partial charge in [0.05, 0.1) is 0 Å². The summed E-state index contributed by atoms with van der Waals surface area (Å²) in [6.07, 6.45) is 4.28. The van der Waals surface area contributed by atoms with Crippen LogP contribution in [0, 0.1) is 5.92 Å². The van der Waals surface area contributed by atoms with Crippen molar-refractivity contribution in [3.8, 4) is 16.6 Å². The average molecular weight is 490 g/mol. The molecule has 0 radical (unpaired) electrons. The van der Waals surface area contributed by atoms with E-state index in [2.05, 4.69) is 12.2 Å². The van der Waals surface area contributed by atoms with Gasteiger partial charge in [0.15, 0.2) is 14.9 Å². The minimum atomic E-state index is -3.12. The smallest absolute Gasteiger partial charge is 0.223 e. The predicted molar refractivity (Wildman–Crippen MR) is 133 cm³/mol. The molecule has 1 aromatic heterocycles. The zero-order valence-corrected chi connectivity index (χ0v) is 20.8. The number of rotatable bonds is 9. The summed E-state index contributed by atoms with van der Waals surface area (Å²) in [7, 11) is -3.12. The first-order chi connectivity index (χ1) is 15.7. The van der Waals surface area contributed by atoms with E-state index in [1.165, 1.54) is 12.1 Å². The van der Waals surface area contributed by atoms with Crippen LogP contribution in [-0.4, -0.2) is 25.7 Å². The maximum absolute atomic E-state index is 12.0. The number of amides is 1. The van der Waals surface area contributed by atoms with Crippen LogP contribution in [0.3, 0.4) is 0 Å². The van der Waals surface area contributed by atoms with E-state index < -0.39 is 9.84 Å². The Labute approximate surface area is 200 Å². The zero-order valence-electron chi connectivity index (χ0n) is 19.2. The Hall–Kier alpha value is -2.84. The highest BCUT2D eigenvalue weighted by Gasteiger charge is 2.11. The van der Waals surface area contributed by atoms with Crippen molar-refractivity contribution in [2.75, 3.05) is 6.26 Å². The standard InChI is InChI=1S/C20H25NO2.C5H6O3S2/c1-3-4-8-16(2)20(22)21-15-17-11-13-19(14-12-17)23-18-9-6-5-7-10-18;1-10(7,8)5-3-2-4(6)9-5/h5-7,9-14,16H,3-4,8,15H2,1-2H3,(H,21,22);2-3,6H,1H3. The summed E-state index contributed by atoms with van der Waals surface area (Å²) in [5.41, 5.74) is 1.07. The molecule has 0 aliphatic heterocycles. The van der Waals surface area contributed by atoms with E-state index in [1.807, 2.05) is 61.5 Å². The largest absolute Gasteiger partial charge is 0.499 e. The summed E-state index contributed by atoms with van der Waals surface area (Å²) in [4.78, 5) is 12.0. The molecule has 0 saturated carbocycles. The first-order valence-corrected chi connectivity index (χ1v) is 13.5. The molecule has 3 aromatic rings. The van der Waals surface area contributed by atoms with E-state index in [0.29, 0.717) is 6.54 Å². The lowest BCUT2D eigenvalue weighted by Crippen LogP contribution is -2.28. The number of nitrogens with one attached hydrogen (secondary N) is 1. The minimum absolute atomic E-state index is 0.0282. The minimum Gasteiger partial charge on any atom is -0.499 e. The number of benzene rings is 2. The molecule has 8 heteroatoms. The molecular weight excluding hydrogens is 458 g/mol. The lowest BCUT2D eigenvalue weighted by Gasteiger charge is -2.12. The van der Waals surface area contributed by atoms with E-state index >= 15 is 0 Å². The highest BCUT2D eigenvalue weighted by molar-refractivity contribution is 7.92. The molecule has 1 amide bonds. The van der Waals surface area contributed by atoms with Gasteiger partial charge in [0.25, 0.3) is 0 Å². The number of sulfone groups is 1. The van der Waals surface area contributed by atoms with Crippen molar-refractivity contribution in [2.24, 2.45) is 5.92 Å². The number of unbranched alkanes of at least 4 members (excludes halogenated alkanes) is 1. The second kappa shape index (κ2) is 13.0. The van der Waals surface area contributed by atoms with E-state index in [1.54, 1.807) is 0 Å². The molecule has 0 aliphatic rings. The maximum atomic E-state index is 12.0. The first-order valence-electron chi connectivity index (χ1n) is 10.8. The van der Waals surface area contributed by atoms with Gasteiger partial charge >= 0.3 is 0 Å². The Bertz CT molecular complexity index is 1090. The zero-order chi connectivity index (χ0) is 24.3. The molecule has 0 aliphatic carbocycles. The Morgan fingerprint density at radius 3 is 2.18 bits per heavy atom. The predicted octanol–water partition coefficient (Wildman–Crippen LogP) is 5.78. The second-order valence-corrected chi connectivity index (χ2v) is 11.0. The fraction of sp³-hybridized carbons (Fsp3) is 0.320.